The minimum Gasteiger partial charge on any atom is -0.481 e. The van der Waals surface area contributed by atoms with Crippen molar-refractivity contribution in [3.8, 4) is 0 Å². The molecule has 0 radical (unpaired) electrons. The summed E-state index contributed by atoms with van der Waals surface area (Å²) in [7, 11) is 0. The average Bonchev–Trinajstić information content (AvgIpc) is 2.92. The van der Waals surface area contributed by atoms with Crippen molar-refractivity contribution in [2.45, 2.75) is 45.6 Å². The fourth-order valence-corrected chi connectivity index (χ4v) is 2.38. The fraction of sp³-hybridized carbons (Fsp3) is 0.412. The second kappa shape index (κ2) is 6.64. The SMILES string of the molecule is CC(C)(C)c1[nH]ncc1CNc1cccc(CCC(=O)O)c1. The van der Waals surface area contributed by atoms with Crippen LogP contribution in [0.4, 0.5) is 5.69 Å². The molecular formula is C17H23N3O2. The van der Waals surface area contributed by atoms with Gasteiger partial charge in [0.05, 0.1) is 6.20 Å². The van der Waals surface area contributed by atoms with Gasteiger partial charge in [-0.25, -0.2) is 0 Å². The Morgan fingerprint density at radius 1 is 1.36 bits per heavy atom. The minimum atomic E-state index is -0.772. The molecule has 0 saturated carbocycles. The smallest absolute Gasteiger partial charge is 0.303 e. The summed E-state index contributed by atoms with van der Waals surface area (Å²) in [6, 6.07) is 7.88. The predicted molar refractivity (Wildman–Crippen MR) is 87.0 cm³/mol. The van der Waals surface area contributed by atoms with E-state index >= 15 is 0 Å². The Bertz CT molecular complexity index is 641. The van der Waals surface area contributed by atoms with Crippen molar-refractivity contribution in [2.24, 2.45) is 0 Å². The first-order chi connectivity index (χ1) is 10.4. The number of rotatable bonds is 6. The van der Waals surface area contributed by atoms with E-state index in [4.69, 9.17) is 5.11 Å². The Hall–Kier alpha value is -2.30. The van der Waals surface area contributed by atoms with Crippen molar-refractivity contribution < 1.29 is 9.90 Å². The van der Waals surface area contributed by atoms with Crippen molar-refractivity contribution in [2.75, 3.05) is 5.32 Å². The van der Waals surface area contributed by atoms with Gasteiger partial charge in [-0.15, -0.1) is 0 Å². The van der Waals surface area contributed by atoms with Crippen LogP contribution in [0.15, 0.2) is 30.5 Å². The van der Waals surface area contributed by atoms with Crippen LogP contribution in [0.2, 0.25) is 0 Å². The first-order valence-corrected chi connectivity index (χ1v) is 7.43. The molecule has 0 fully saturated rings. The molecule has 0 spiro atoms. The van der Waals surface area contributed by atoms with Crippen LogP contribution in [-0.4, -0.2) is 21.3 Å². The number of benzene rings is 1. The number of aryl methyl sites for hydroxylation is 1. The molecule has 2 aromatic rings. The predicted octanol–water partition coefficient (Wildman–Crippen LogP) is 3.34. The maximum absolute atomic E-state index is 10.6. The first-order valence-electron chi connectivity index (χ1n) is 7.43. The highest BCUT2D eigenvalue weighted by atomic mass is 16.4. The number of hydrogen-bond acceptors (Lipinski definition) is 3. The van der Waals surface area contributed by atoms with Gasteiger partial charge in [-0.1, -0.05) is 32.9 Å². The van der Waals surface area contributed by atoms with Gasteiger partial charge < -0.3 is 10.4 Å². The molecule has 0 amide bonds. The van der Waals surface area contributed by atoms with Gasteiger partial charge in [0.25, 0.3) is 0 Å². The van der Waals surface area contributed by atoms with Gasteiger partial charge in [0, 0.05) is 35.3 Å². The molecular weight excluding hydrogens is 278 g/mol. The number of nitrogens with one attached hydrogen (secondary N) is 2. The average molecular weight is 301 g/mol. The van der Waals surface area contributed by atoms with E-state index in [2.05, 4.69) is 36.3 Å². The van der Waals surface area contributed by atoms with Crippen LogP contribution < -0.4 is 5.32 Å². The number of carbonyl (C=O) groups is 1. The molecule has 0 atom stereocenters. The van der Waals surface area contributed by atoms with Crippen molar-refractivity contribution in [1.82, 2.24) is 10.2 Å². The summed E-state index contributed by atoms with van der Waals surface area (Å²) >= 11 is 0. The molecule has 5 nitrogen and oxygen atoms in total. The first kappa shape index (κ1) is 16.1. The lowest BCUT2D eigenvalue weighted by molar-refractivity contribution is -0.136. The van der Waals surface area contributed by atoms with E-state index in [1.165, 1.54) is 0 Å². The van der Waals surface area contributed by atoms with E-state index in [1.54, 1.807) is 0 Å². The van der Waals surface area contributed by atoms with Crippen LogP contribution in [0.25, 0.3) is 0 Å². The summed E-state index contributed by atoms with van der Waals surface area (Å²) in [5, 5.41) is 19.3. The molecule has 3 N–H and O–H groups in total. The standard InChI is InChI=1S/C17H23N3O2/c1-17(2,3)16-13(11-19-20-16)10-18-14-6-4-5-12(9-14)7-8-15(21)22/h4-6,9,11,18H,7-8,10H2,1-3H3,(H,19,20)(H,21,22). The lowest BCUT2D eigenvalue weighted by atomic mass is 9.89. The third-order valence-corrected chi connectivity index (χ3v) is 3.51. The summed E-state index contributed by atoms with van der Waals surface area (Å²) in [6.45, 7) is 7.13. The van der Waals surface area contributed by atoms with E-state index in [0.717, 1.165) is 22.5 Å². The maximum atomic E-state index is 10.6. The number of anilines is 1. The Kier molecular flexibility index (Phi) is 4.85. The molecule has 1 aromatic heterocycles. The van der Waals surface area contributed by atoms with Crippen LogP contribution >= 0.6 is 0 Å². The van der Waals surface area contributed by atoms with Gasteiger partial charge in [0.15, 0.2) is 0 Å². The van der Waals surface area contributed by atoms with E-state index in [-0.39, 0.29) is 11.8 Å². The molecule has 0 bridgehead atoms. The summed E-state index contributed by atoms with van der Waals surface area (Å²) in [5.41, 5.74) is 4.31. The lowest BCUT2D eigenvalue weighted by Gasteiger charge is -2.18. The van der Waals surface area contributed by atoms with Gasteiger partial charge in [-0.3, -0.25) is 9.89 Å². The molecule has 1 heterocycles. The zero-order valence-electron chi connectivity index (χ0n) is 13.3. The monoisotopic (exact) mass is 301 g/mol. The number of carboxylic acid groups (broad SMARTS) is 1. The number of aromatic amines is 1. The molecule has 0 aliphatic rings. The van der Waals surface area contributed by atoms with E-state index < -0.39 is 5.97 Å². The van der Waals surface area contributed by atoms with Crippen LogP contribution in [0.5, 0.6) is 0 Å². The summed E-state index contributed by atoms with van der Waals surface area (Å²) in [6.07, 6.45) is 2.55. The highest BCUT2D eigenvalue weighted by Gasteiger charge is 2.19. The number of nitrogens with zero attached hydrogens (tertiary/aromatic N) is 1. The third-order valence-electron chi connectivity index (χ3n) is 3.51. The van der Waals surface area contributed by atoms with Crippen molar-refractivity contribution in [3.05, 3.63) is 47.3 Å². The van der Waals surface area contributed by atoms with Crippen LogP contribution in [0.1, 0.15) is 44.0 Å². The highest BCUT2D eigenvalue weighted by molar-refractivity contribution is 5.67. The topological polar surface area (TPSA) is 78.0 Å². The molecule has 22 heavy (non-hydrogen) atoms. The Morgan fingerprint density at radius 2 is 2.14 bits per heavy atom. The summed E-state index contributed by atoms with van der Waals surface area (Å²) in [5.74, 6) is -0.772. The molecule has 0 saturated heterocycles. The van der Waals surface area contributed by atoms with Gasteiger partial charge >= 0.3 is 5.97 Å². The van der Waals surface area contributed by atoms with Crippen LogP contribution in [-0.2, 0) is 23.2 Å². The largest absolute Gasteiger partial charge is 0.481 e. The van der Waals surface area contributed by atoms with Gasteiger partial charge in [0.2, 0.25) is 0 Å². The second-order valence-electron chi connectivity index (χ2n) is 6.47. The summed E-state index contributed by atoms with van der Waals surface area (Å²) < 4.78 is 0. The quantitative estimate of drug-likeness (QED) is 0.764. The lowest BCUT2D eigenvalue weighted by Crippen LogP contribution is -2.15. The molecule has 2 rings (SSSR count). The van der Waals surface area contributed by atoms with Gasteiger partial charge in [0.1, 0.15) is 0 Å². The maximum Gasteiger partial charge on any atom is 0.303 e. The van der Waals surface area contributed by atoms with Crippen molar-refractivity contribution >= 4 is 11.7 Å². The number of aromatic nitrogens is 2. The Labute approximate surface area is 130 Å². The van der Waals surface area contributed by atoms with Crippen LogP contribution in [0.3, 0.4) is 0 Å². The van der Waals surface area contributed by atoms with Crippen molar-refractivity contribution in [1.29, 1.82) is 0 Å². The minimum absolute atomic E-state index is 0.0247. The Morgan fingerprint density at radius 3 is 2.82 bits per heavy atom. The summed E-state index contributed by atoms with van der Waals surface area (Å²) in [4.78, 5) is 10.6. The molecule has 1 aromatic carbocycles. The normalized spacial score (nSPS) is 11.4. The van der Waals surface area contributed by atoms with Gasteiger partial charge in [-0.05, 0) is 24.1 Å². The molecule has 0 aliphatic carbocycles. The number of aliphatic carboxylic acids is 1. The highest BCUT2D eigenvalue weighted by Crippen LogP contribution is 2.24. The van der Waals surface area contributed by atoms with E-state index in [9.17, 15) is 4.79 Å². The molecule has 0 unspecified atom stereocenters. The fourth-order valence-electron chi connectivity index (χ4n) is 2.38. The Balaban J connectivity index is 2.02. The zero-order chi connectivity index (χ0) is 16.2. The zero-order valence-corrected chi connectivity index (χ0v) is 13.3. The van der Waals surface area contributed by atoms with E-state index in [1.807, 2.05) is 30.5 Å². The second-order valence-corrected chi connectivity index (χ2v) is 6.47. The molecule has 118 valence electrons. The number of carboxylic acids is 1. The molecule has 5 heteroatoms. The van der Waals surface area contributed by atoms with E-state index in [0.29, 0.717) is 13.0 Å². The van der Waals surface area contributed by atoms with Crippen LogP contribution in [0, 0.1) is 0 Å². The number of hydrogen-bond donors (Lipinski definition) is 3. The van der Waals surface area contributed by atoms with Gasteiger partial charge in [-0.2, -0.15) is 5.10 Å². The molecule has 0 aliphatic heterocycles. The van der Waals surface area contributed by atoms with Crippen molar-refractivity contribution in [3.63, 3.8) is 0 Å². The third kappa shape index (κ3) is 4.35. The number of H-pyrrole nitrogens is 1.